The van der Waals surface area contributed by atoms with E-state index in [1.807, 2.05) is 0 Å². The first-order chi connectivity index (χ1) is 8.49. The van der Waals surface area contributed by atoms with Gasteiger partial charge in [0.2, 0.25) is 0 Å². The first kappa shape index (κ1) is 13.3. The largest absolute Gasteiger partial charge is 0.481 e. The van der Waals surface area contributed by atoms with Crippen LogP contribution in [-0.4, -0.2) is 11.1 Å². The highest BCUT2D eigenvalue weighted by Gasteiger charge is 2.35. The lowest BCUT2D eigenvalue weighted by Gasteiger charge is -2.17. The van der Waals surface area contributed by atoms with Crippen LogP contribution in [0.25, 0.3) is 0 Å². The molecule has 1 unspecified atom stereocenters. The molecule has 2 rings (SSSR count). The van der Waals surface area contributed by atoms with E-state index in [1.165, 1.54) is 18.2 Å². The van der Waals surface area contributed by atoms with Crippen LogP contribution in [0.1, 0.15) is 42.7 Å². The Morgan fingerprint density at radius 3 is 2.61 bits per heavy atom. The molecule has 98 valence electrons. The predicted molar refractivity (Wildman–Crippen MR) is 64.1 cm³/mol. The first-order valence-electron chi connectivity index (χ1n) is 5.78. The fraction of sp³-hybridized carbons (Fsp3) is 0.462. The number of hydrogen-bond acceptors (Lipinski definition) is 1. The predicted octanol–water partition coefficient (Wildman–Crippen LogP) is 4.25. The summed E-state index contributed by atoms with van der Waals surface area (Å²) in [6, 6.07) is 4.05. The number of alkyl halides is 2. The minimum atomic E-state index is -2.56. The molecule has 18 heavy (non-hydrogen) atoms. The molecule has 0 spiro atoms. The highest BCUT2D eigenvalue weighted by Crippen LogP contribution is 2.46. The number of carboxylic acids is 1. The van der Waals surface area contributed by atoms with E-state index in [0.717, 1.165) is 12.8 Å². The lowest BCUT2D eigenvalue weighted by atomic mass is 9.90. The molecule has 5 heteroatoms. The van der Waals surface area contributed by atoms with Gasteiger partial charge in [-0.3, -0.25) is 4.79 Å². The second-order valence-electron chi connectivity index (χ2n) is 4.62. The van der Waals surface area contributed by atoms with Crippen molar-refractivity contribution in [1.82, 2.24) is 0 Å². The second-order valence-corrected chi connectivity index (χ2v) is 5.03. The van der Waals surface area contributed by atoms with Crippen LogP contribution < -0.4 is 0 Å². The normalized spacial score (nSPS) is 16.9. The Bertz CT molecular complexity index is 458. The number of rotatable bonds is 5. The zero-order valence-electron chi connectivity index (χ0n) is 9.57. The average molecular weight is 275 g/mol. The summed E-state index contributed by atoms with van der Waals surface area (Å²) in [7, 11) is 0. The van der Waals surface area contributed by atoms with Crippen LogP contribution in [0.3, 0.4) is 0 Å². The van der Waals surface area contributed by atoms with E-state index in [2.05, 4.69) is 0 Å². The third-order valence-electron chi connectivity index (χ3n) is 3.26. The van der Waals surface area contributed by atoms with Gasteiger partial charge in [-0.1, -0.05) is 17.7 Å². The van der Waals surface area contributed by atoms with Crippen molar-refractivity contribution in [2.24, 2.45) is 5.92 Å². The molecule has 0 aliphatic heterocycles. The molecule has 1 N–H and O–H groups in total. The summed E-state index contributed by atoms with van der Waals surface area (Å²) < 4.78 is 25.3. The van der Waals surface area contributed by atoms with Crippen molar-refractivity contribution < 1.29 is 18.7 Å². The van der Waals surface area contributed by atoms with E-state index in [4.69, 9.17) is 16.7 Å². The maximum Gasteiger partial charge on any atom is 0.303 e. The maximum atomic E-state index is 12.7. The molecule has 0 bridgehead atoms. The van der Waals surface area contributed by atoms with Crippen LogP contribution in [0.2, 0.25) is 5.02 Å². The minimum absolute atomic E-state index is 0.0585. The van der Waals surface area contributed by atoms with E-state index in [-0.39, 0.29) is 23.8 Å². The monoisotopic (exact) mass is 274 g/mol. The van der Waals surface area contributed by atoms with E-state index < -0.39 is 12.4 Å². The van der Waals surface area contributed by atoms with Gasteiger partial charge in [0.15, 0.2) is 0 Å². The SMILES string of the molecule is O=C(O)CC(c1cc(C(F)F)ccc1Cl)C1CC1. The Labute approximate surface area is 109 Å². The molecule has 1 aromatic carbocycles. The standard InChI is InChI=1S/C13H13ClF2O2/c14-11-4-3-8(13(15)16)5-10(11)9(6-12(17)18)7-1-2-7/h3-5,7,9,13H,1-2,6H2,(H,17,18). The Hall–Kier alpha value is -1.16. The van der Waals surface area contributed by atoms with Gasteiger partial charge in [0.05, 0.1) is 6.42 Å². The van der Waals surface area contributed by atoms with Crippen LogP contribution in [0.5, 0.6) is 0 Å². The van der Waals surface area contributed by atoms with Gasteiger partial charge >= 0.3 is 5.97 Å². The van der Waals surface area contributed by atoms with E-state index in [1.54, 1.807) is 0 Å². The number of benzene rings is 1. The minimum Gasteiger partial charge on any atom is -0.481 e. The highest BCUT2D eigenvalue weighted by atomic mass is 35.5. The summed E-state index contributed by atoms with van der Waals surface area (Å²) in [5, 5.41) is 9.27. The molecule has 0 amide bonds. The number of carbonyl (C=O) groups is 1. The third-order valence-corrected chi connectivity index (χ3v) is 3.60. The molecule has 1 fully saturated rings. The zero-order chi connectivity index (χ0) is 13.3. The van der Waals surface area contributed by atoms with E-state index in [9.17, 15) is 13.6 Å². The average Bonchev–Trinajstić information content (AvgIpc) is 3.10. The summed E-state index contributed by atoms with van der Waals surface area (Å²) in [5.41, 5.74) is 0.435. The second kappa shape index (κ2) is 5.22. The number of halogens is 3. The van der Waals surface area contributed by atoms with Crippen LogP contribution in [0, 0.1) is 5.92 Å². The summed E-state index contributed by atoms with van der Waals surface area (Å²) in [5.74, 6) is -0.925. The van der Waals surface area contributed by atoms with Gasteiger partial charge in [-0.25, -0.2) is 8.78 Å². The molecular formula is C13H13ClF2O2. The van der Waals surface area contributed by atoms with E-state index >= 15 is 0 Å². The van der Waals surface area contributed by atoms with Gasteiger partial charge < -0.3 is 5.11 Å². The molecule has 0 aromatic heterocycles. The number of aliphatic carboxylic acids is 1. The quantitative estimate of drug-likeness (QED) is 0.872. The molecule has 1 atom stereocenters. The van der Waals surface area contributed by atoms with Crippen molar-refractivity contribution in [3.05, 3.63) is 34.3 Å². The van der Waals surface area contributed by atoms with Crippen molar-refractivity contribution in [3.63, 3.8) is 0 Å². The van der Waals surface area contributed by atoms with Crippen LogP contribution in [0.15, 0.2) is 18.2 Å². The van der Waals surface area contributed by atoms with E-state index in [0.29, 0.717) is 10.6 Å². The molecule has 1 aliphatic rings. The molecule has 1 saturated carbocycles. The Morgan fingerprint density at radius 1 is 1.44 bits per heavy atom. The van der Waals surface area contributed by atoms with Crippen LogP contribution in [-0.2, 0) is 4.79 Å². The Kier molecular flexibility index (Phi) is 3.85. The van der Waals surface area contributed by atoms with Crippen molar-refractivity contribution in [1.29, 1.82) is 0 Å². The van der Waals surface area contributed by atoms with Gasteiger partial charge in [0.1, 0.15) is 0 Å². The summed E-state index contributed by atoms with van der Waals surface area (Å²) in [4.78, 5) is 10.9. The number of carboxylic acid groups (broad SMARTS) is 1. The van der Waals surface area contributed by atoms with Gasteiger partial charge in [-0.15, -0.1) is 0 Å². The van der Waals surface area contributed by atoms with Crippen LogP contribution >= 0.6 is 11.6 Å². The fourth-order valence-electron chi connectivity index (χ4n) is 2.20. The van der Waals surface area contributed by atoms with Crippen molar-refractivity contribution in [2.45, 2.75) is 31.6 Å². The Balaban J connectivity index is 2.33. The highest BCUT2D eigenvalue weighted by molar-refractivity contribution is 6.31. The Morgan fingerprint density at radius 2 is 2.11 bits per heavy atom. The summed E-state index contributed by atoms with van der Waals surface area (Å²) in [6.45, 7) is 0. The summed E-state index contributed by atoms with van der Waals surface area (Å²) in [6.07, 6.45) is -0.747. The lowest BCUT2D eigenvalue weighted by Crippen LogP contribution is -2.09. The topological polar surface area (TPSA) is 37.3 Å². The first-order valence-corrected chi connectivity index (χ1v) is 6.16. The van der Waals surface area contributed by atoms with Gasteiger partial charge in [-0.2, -0.15) is 0 Å². The zero-order valence-corrected chi connectivity index (χ0v) is 10.3. The number of hydrogen-bond donors (Lipinski definition) is 1. The maximum absolute atomic E-state index is 12.7. The van der Waals surface area contributed by atoms with Crippen molar-refractivity contribution >= 4 is 17.6 Å². The van der Waals surface area contributed by atoms with Crippen molar-refractivity contribution in [2.75, 3.05) is 0 Å². The molecular weight excluding hydrogens is 262 g/mol. The third kappa shape index (κ3) is 2.99. The molecule has 0 heterocycles. The molecule has 1 aromatic rings. The van der Waals surface area contributed by atoms with Gasteiger partial charge in [-0.05, 0) is 42.4 Å². The smallest absolute Gasteiger partial charge is 0.303 e. The molecule has 2 nitrogen and oxygen atoms in total. The molecule has 1 aliphatic carbocycles. The molecule has 0 saturated heterocycles. The van der Waals surface area contributed by atoms with Gasteiger partial charge in [0, 0.05) is 10.6 Å². The summed E-state index contributed by atoms with van der Waals surface area (Å²) >= 11 is 6.01. The fourth-order valence-corrected chi connectivity index (χ4v) is 2.46. The lowest BCUT2D eigenvalue weighted by molar-refractivity contribution is -0.137. The molecule has 0 radical (unpaired) electrons. The van der Waals surface area contributed by atoms with Gasteiger partial charge in [0.25, 0.3) is 6.43 Å². The van der Waals surface area contributed by atoms with Crippen LogP contribution in [0.4, 0.5) is 8.78 Å². The van der Waals surface area contributed by atoms with Crippen molar-refractivity contribution in [3.8, 4) is 0 Å².